The lowest BCUT2D eigenvalue weighted by Gasteiger charge is -2.38. The van der Waals surface area contributed by atoms with E-state index in [2.05, 4.69) is 17.4 Å². The average Bonchev–Trinajstić information content (AvgIpc) is 3.51. The van der Waals surface area contributed by atoms with Gasteiger partial charge in [0.1, 0.15) is 17.7 Å². The Balaban J connectivity index is 1.19. The van der Waals surface area contributed by atoms with Gasteiger partial charge < -0.3 is 19.9 Å². The number of nitrogens with zero attached hydrogens (tertiary/aromatic N) is 3. The SMILES string of the molecule is CC(C)(C)OC(=O)N1Cc2ccccc2C[C@@H]1C(=O)N[C@H](Cc1ccc(Cl)cc1)C(=O)N1CCC(c2ccccc2CN2CCCC2=O)CC1. The molecule has 0 aromatic heterocycles. The van der Waals surface area contributed by atoms with Gasteiger partial charge in [-0.2, -0.15) is 0 Å². The van der Waals surface area contributed by atoms with Crippen molar-refractivity contribution in [2.75, 3.05) is 19.6 Å². The Morgan fingerprint density at radius 2 is 1.60 bits per heavy atom. The highest BCUT2D eigenvalue weighted by Gasteiger charge is 2.39. The van der Waals surface area contributed by atoms with E-state index >= 15 is 0 Å². The van der Waals surface area contributed by atoms with Crippen LogP contribution >= 0.6 is 11.6 Å². The van der Waals surface area contributed by atoms with Crippen LogP contribution in [0, 0.1) is 0 Å². The summed E-state index contributed by atoms with van der Waals surface area (Å²) >= 11 is 6.17. The molecule has 2 atom stereocenters. The van der Waals surface area contributed by atoms with Gasteiger partial charge >= 0.3 is 6.09 Å². The van der Waals surface area contributed by atoms with Crippen LogP contribution in [-0.4, -0.2) is 75.8 Å². The number of nitrogens with one attached hydrogen (secondary N) is 1. The summed E-state index contributed by atoms with van der Waals surface area (Å²) in [6.45, 7) is 8.15. The molecule has 10 heteroatoms. The monoisotopic (exact) mass is 698 g/mol. The second-order valence-electron chi connectivity index (χ2n) is 14.7. The lowest BCUT2D eigenvalue weighted by Crippen LogP contribution is -2.58. The quantitative estimate of drug-likeness (QED) is 0.300. The van der Waals surface area contributed by atoms with Gasteiger partial charge in [0.05, 0.1) is 6.54 Å². The maximum atomic E-state index is 14.3. The van der Waals surface area contributed by atoms with Gasteiger partial charge in [-0.3, -0.25) is 19.3 Å². The zero-order chi connectivity index (χ0) is 35.4. The molecule has 9 nitrogen and oxygen atoms in total. The summed E-state index contributed by atoms with van der Waals surface area (Å²) in [5, 5.41) is 3.66. The number of carbonyl (C=O) groups is 4. The van der Waals surface area contributed by atoms with Crippen molar-refractivity contribution < 1.29 is 23.9 Å². The number of carbonyl (C=O) groups excluding carboxylic acids is 4. The van der Waals surface area contributed by atoms with Crippen molar-refractivity contribution in [2.45, 2.75) is 96.0 Å². The third kappa shape index (κ3) is 8.49. The molecule has 4 amide bonds. The average molecular weight is 699 g/mol. The van der Waals surface area contributed by atoms with Crippen molar-refractivity contribution in [1.82, 2.24) is 20.0 Å². The number of amides is 4. The second kappa shape index (κ2) is 15.3. The number of rotatable bonds is 8. The molecule has 2 saturated heterocycles. The topological polar surface area (TPSA) is 99.3 Å². The van der Waals surface area contributed by atoms with Crippen LogP contribution < -0.4 is 5.32 Å². The summed E-state index contributed by atoms with van der Waals surface area (Å²) in [5.41, 5.74) is 4.50. The third-order valence-corrected chi connectivity index (χ3v) is 10.2. The standard InChI is InChI=1S/C40H47ClN4O5/c1-40(2,3)50-39(49)45-26-30-10-5-4-9-29(30)24-35(45)37(47)42-34(23-27-14-16-32(41)17-15-27)38(48)43-21-18-28(19-22-43)33-12-7-6-11-31(33)25-44-20-8-13-36(44)46/h4-7,9-12,14-17,28,34-35H,8,13,18-26H2,1-3H3,(H,42,47)/t34-,35-/m1/s1. The van der Waals surface area contributed by atoms with Crippen LogP contribution in [0.25, 0.3) is 0 Å². The number of hydrogen-bond acceptors (Lipinski definition) is 5. The van der Waals surface area contributed by atoms with Gasteiger partial charge in [0.15, 0.2) is 0 Å². The van der Waals surface area contributed by atoms with Crippen molar-refractivity contribution >= 4 is 35.4 Å². The Morgan fingerprint density at radius 3 is 2.28 bits per heavy atom. The predicted octanol–water partition coefficient (Wildman–Crippen LogP) is 6.26. The molecule has 264 valence electrons. The largest absolute Gasteiger partial charge is 0.444 e. The highest BCUT2D eigenvalue weighted by atomic mass is 35.5. The lowest BCUT2D eigenvalue weighted by molar-refractivity contribution is -0.138. The van der Waals surface area contributed by atoms with E-state index in [1.54, 1.807) is 32.9 Å². The minimum absolute atomic E-state index is 0.150. The minimum Gasteiger partial charge on any atom is -0.444 e. The molecule has 0 saturated carbocycles. The van der Waals surface area contributed by atoms with E-state index in [4.69, 9.17) is 16.3 Å². The summed E-state index contributed by atoms with van der Waals surface area (Å²) in [5.74, 6) is -0.0664. The molecule has 0 bridgehead atoms. The third-order valence-electron chi connectivity index (χ3n) is 9.98. The van der Waals surface area contributed by atoms with Gasteiger partial charge in [0.2, 0.25) is 17.7 Å². The Bertz CT molecular complexity index is 1710. The molecule has 1 N–H and O–H groups in total. The van der Waals surface area contributed by atoms with E-state index < -0.39 is 29.7 Å². The van der Waals surface area contributed by atoms with Gasteiger partial charge in [-0.05, 0) is 85.9 Å². The van der Waals surface area contributed by atoms with Crippen LogP contribution in [0.3, 0.4) is 0 Å². The number of halogens is 1. The fraction of sp³-hybridized carbons (Fsp3) is 0.450. The zero-order valence-corrected chi connectivity index (χ0v) is 30.0. The molecule has 3 aromatic carbocycles. The number of likely N-dealkylation sites (tertiary alicyclic amines) is 2. The molecule has 2 fully saturated rings. The Morgan fingerprint density at radius 1 is 0.920 bits per heavy atom. The normalized spacial score (nSPS) is 18.8. The summed E-state index contributed by atoms with van der Waals surface area (Å²) < 4.78 is 5.72. The van der Waals surface area contributed by atoms with Gasteiger partial charge in [0, 0.05) is 50.5 Å². The Labute approximate surface area is 299 Å². The molecule has 3 heterocycles. The zero-order valence-electron chi connectivity index (χ0n) is 29.2. The Kier molecular flexibility index (Phi) is 10.8. The van der Waals surface area contributed by atoms with E-state index in [9.17, 15) is 19.2 Å². The van der Waals surface area contributed by atoms with E-state index in [1.165, 1.54) is 16.0 Å². The van der Waals surface area contributed by atoms with Crippen LogP contribution in [0.2, 0.25) is 5.02 Å². The van der Waals surface area contributed by atoms with E-state index in [0.717, 1.165) is 42.5 Å². The summed E-state index contributed by atoms with van der Waals surface area (Å²) in [6.07, 6.45) is 3.12. The molecule has 3 aliphatic heterocycles. The number of ether oxygens (including phenoxy) is 1. The Hall–Kier alpha value is -4.37. The predicted molar refractivity (Wildman–Crippen MR) is 192 cm³/mol. The number of benzene rings is 3. The molecule has 3 aliphatic rings. The molecule has 0 radical (unpaired) electrons. The number of piperidine rings is 1. The maximum absolute atomic E-state index is 14.3. The van der Waals surface area contributed by atoms with E-state index in [1.807, 2.05) is 58.3 Å². The fourth-order valence-electron chi connectivity index (χ4n) is 7.38. The number of fused-ring (bicyclic) bond motifs is 1. The van der Waals surface area contributed by atoms with Crippen LogP contribution in [0.5, 0.6) is 0 Å². The van der Waals surface area contributed by atoms with Crippen molar-refractivity contribution in [2.24, 2.45) is 0 Å². The van der Waals surface area contributed by atoms with Gasteiger partial charge in [-0.25, -0.2) is 4.79 Å². The summed E-state index contributed by atoms with van der Waals surface area (Å²) in [4.78, 5) is 59.5. The summed E-state index contributed by atoms with van der Waals surface area (Å²) in [6, 6.07) is 21.7. The van der Waals surface area contributed by atoms with Gasteiger partial charge in [0.25, 0.3) is 0 Å². The fourth-order valence-corrected chi connectivity index (χ4v) is 7.50. The molecular formula is C40H47ClN4O5. The van der Waals surface area contributed by atoms with Crippen molar-refractivity contribution in [3.8, 4) is 0 Å². The first-order valence-corrected chi connectivity index (χ1v) is 18.1. The first-order chi connectivity index (χ1) is 23.9. The first kappa shape index (κ1) is 35.5. The molecule has 3 aromatic rings. The van der Waals surface area contributed by atoms with Crippen molar-refractivity contribution in [1.29, 1.82) is 0 Å². The maximum Gasteiger partial charge on any atom is 0.411 e. The molecule has 6 rings (SSSR count). The number of hydrogen-bond donors (Lipinski definition) is 1. The first-order valence-electron chi connectivity index (χ1n) is 17.7. The van der Waals surface area contributed by atoms with Crippen LogP contribution in [0.4, 0.5) is 4.79 Å². The van der Waals surface area contributed by atoms with Crippen molar-refractivity contribution in [3.05, 3.63) is 106 Å². The molecule has 0 spiro atoms. The molecular weight excluding hydrogens is 652 g/mol. The summed E-state index contributed by atoms with van der Waals surface area (Å²) in [7, 11) is 0. The van der Waals surface area contributed by atoms with Gasteiger partial charge in [-0.1, -0.05) is 72.3 Å². The van der Waals surface area contributed by atoms with Crippen molar-refractivity contribution in [3.63, 3.8) is 0 Å². The molecule has 0 unspecified atom stereocenters. The van der Waals surface area contributed by atoms with E-state index in [-0.39, 0.29) is 30.7 Å². The highest BCUT2D eigenvalue weighted by molar-refractivity contribution is 6.30. The van der Waals surface area contributed by atoms with Crippen LogP contribution in [-0.2, 0) is 45.1 Å². The van der Waals surface area contributed by atoms with E-state index in [0.29, 0.717) is 37.5 Å². The smallest absolute Gasteiger partial charge is 0.411 e. The minimum atomic E-state index is -0.843. The van der Waals surface area contributed by atoms with Crippen LogP contribution in [0.1, 0.15) is 80.2 Å². The van der Waals surface area contributed by atoms with Crippen LogP contribution in [0.15, 0.2) is 72.8 Å². The molecule has 50 heavy (non-hydrogen) atoms. The molecule has 0 aliphatic carbocycles. The lowest BCUT2D eigenvalue weighted by atomic mass is 9.86. The highest BCUT2D eigenvalue weighted by Crippen LogP contribution is 2.32. The van der Waals surface area contributed by atoms with Gasteiger partial charge in [-0.15, -0.1) is 0 Å². The second-order valence-corrected chi connectivity index (χ2v) is 15.1.